The van der Waals surface area contributed by atoms with Gasteiger partial charge in [-0.25, -0.2) is 9.78 Å². The van der Waals surface area contributed by atoms with E-state index in [1.807, 2.05) is 49.4 Å². The number of rotatable bonds is 6. The number of pyridine rings is 1. The molecule has 0 aliphatic carbocycles. The maximum atomic E-state index is 12.3. The number of amides is 1. The zero-order chi connectivity index (χ0) is 21.6. The van der Waals surface area contributed by atoms with E-state index in [2.05, 4.69) is 15.2 Å². The smallest absolute Gasteiger partial charge is 0.340 e. The molecule has 1 unspecified atom stereocenters. The minimum atomic E-state index is -0.575. The Kier molecular flexibility index (Phi) is 6.43. The summed E-state index contributed by atoms with van der Waals surface area (Å²) in [6.07, 6.45) is 1.47. The van der Waals surface area contributed by atoms with Gasteiger partial charge in [0.1, 0.15) is 5.82 Å². The molecule has 0 saturated carbocycles. The predicted molar refractivity (Wildman–Crippen MR) is 118 cm³/mol. The molecule has 31 heavy (non-hydrogen) atoms. The second-order valence-electron chi connectivity index (χ2n) is 7.48. The van der Waals surface area contributed by atoms with Crippen LogP contribution in [0.3, 0.4) is 0 Å². The highest BCUT2D eigenvalue weighted by molar-refractivity contribution is 5.91. The summed E-state index contributed by atoms with van der Waals surface area (Å²) in [6, 6.07) is 17.4. The van der Waals surface area contributed by atoms with Crippen LogP contribution in [0.2, 0.25) is 0 Å². The van der Waals surface area contributed by atoms with Gasteiger partial charge in [0.25, 0.3) is 5.91 Å². The van der Waals surface area contributed by atoms with Crippen LogP contribution in [-0.4, -0.2) is 49.8 Å². The molecule has 1 aromatic heterocycles. The summed E-state index contributed by atoms with van der Waals surface area (Å²) in [5, 5.41) is 5.13. The molecule has 1 amide bonds. The van der Waals surface area contributed by atoms with E-state index in [1.54, 1.807) is 12.1 Å². The maximum Gasteiger partial charge on any atom is 0.340 e. The SMILES string of the molecule is CC(NC(=O)COC(=O)c1ccc(N2CCOCC2)nc1)c1ccc2ccccc2c1. The number of carbonyl (C=O) groups excluding carboxylic acids is 2. The van der Waals surface area contributed by atoms with E-state index in [-0.39, 0.29) is 18.6 Å². The summed E-state index contributed by atoms with van der Waals surface area (Å²) in [5.74, 6) is -0.136. The minimum absolute atomic E-state index is 0.203. The van der Waals surface area contributed by atoms with Crippen molar-refractivity contribution in [3.05, 3.63) is 71.9 Å². The number of aromatic nitrogens is 1. The van der Waals surface area contributed by atoms with Crippen LogP contribution in [0.5, 0.6) is 0 Å². The van der Waals surface area contributed by atoms with Crippen LogP contribution < -0.4 is 10.2 Å². The maximum absolute atomic E-state index is 12.3. The molecule has 4 rings (SSSR count). The van der Waals surface area contributed by atoms with Crippen LogP contribution in [-0.2, 0) is 14.3 Å². The molecule has 160 valence electrons. The van der Waals surface area contributed by atoms with Crippen LogP contribution in [0.15, 0.2) is 60.8 Å². The first kappa shape index (κ1) is 20.8. The van der Waals surface area contributed by atoms with Gasteiger partial charge in [-0.05, 0) is 41.5 Å². The van der Waals surface area contributed by atoms with Crippen LogP contribution >= 0.6 is 0 Å². The van der Waals surface area contributed by atoms with Gasteiger partial charge >= 0.3 is 5.97 Å². The van der Waals surface area contributed by atoms with E-state index in [4.69, 9.17) is 9.47 Å². The molecule has 1 atom stereocenters. The molecule has 1 aliphatic heterocycles. The summed E-state index contributed by atoms with van der Waals surface area (Å²) in [5.41, 5.74) is 1.30. The lowest BCUT2D eigenvalue weighted by molar-refractivity contribution is -0.124. The number of ether oxygens (including phenoxy) is 2. The third-order valence-electron chi connectivity index (χ3n) is 5.30. The Morgan fingerprint density at radius 2 is 1.87 bits per heavy atom. The van der Waals surface area contributed by atoms with Gasteiger partial charge in [-0.2, -0.15) is 0 Å². The summed E-state index contributed by atoms with van der Waals surface area (Å²) in [7, 11) is 0. The standard InChI is InChI=1S/C24H25N3O4/c1-17(19-7-6-18-4-2-3-5-20(18)14-19)26-23(28)16-31-24(29)21-8-9-22(25-15-21)27-10-12-30-13-11-27/h2-9,14-15,17H,10-13,16H2,1H3,(H,26,28). The lowest BCUT2D eigenvalue weighted by atomic mass is 10.0. The fourth-order valence-corrected chi connectivity index (χ4v) is 3.54. The van der Waals surface area contributed by atoms with Crippen molar-refractivity contribution in [2.75, 3.05) is 37.8 Å². The van der Waals surface area contributed by atoms with Gasteiger partial charge in [-0.1, -0.05) is 36.4 Å². The van der Waals surface area contributed by atoms with E-state index in [0.29, 0.717) is 18.8 Å². The minimum Gasteiger partial charge on any atom is -0.452 e. The highest BCUT2D eigenvalue weighted by Crippen LogP contribution is 2.20. The van der Waals surface area contributed by atoms with Gasteiger partial charge in [0, 0.05) is 19.3 Å². The van der Waals surface area contributed by atoms with Crippen molar-refractivity contribution in [2.24, 2.45) is 0 Å². The Balaban J connectivity index is 1.28. The van der Waals surface area contributed by atoms with E-state index >= 15 is 0 Å². The van der Waals surface area contributed by atoms with E-state index in [0.717, 1.165) is 35.2 Å². The highest BCUT2D eigenvalue weighted by Gasteiger charge is 2.16. The van der Waals surface area contributed by atoms with E-state index < -0.39 is 5.97 Å². The first-order chi connectivity index (χ1) is 15.1. The molecule has 0 spiro atoms. The summed E-state index contributed by atoms with van der Waals surface area (Å²) < 4.78 is 10.5. The number of nitrogens with zero attached hydrogens (tertiary/aromatic N) is 2. The molecule has 1 saturated heterocycles. The highest BCUT2D eigenvalue weighted by atomic mass is 16.5. The molecular weight excluding hydrogens is 394 g/mol. The molecule has 2 heterocycles. The quantitative estimate of drug-likeness (QED) is 0.619. The van der Waals surface area contributed by atoms with Crippen molar-refractivity contribution < 1.29 is 19.1 Å². The zero-order valence-corrected chi connectivity index (χ0v) is 17.4. The number of hydrogen-bond acceptors (Lipinski definition) is 6. The van der Waals surface area contributed by atoms with Crippen LogP contribution in [0.1, 0.15) is 28.9 Å². The normalized spacial score (nSPS) is 14.8. The van der Waals surface area contributed by atoms with Crippen molar-refractivity contribution in [3.8, 4) is 0 Å². The summed E-state index contributed by atoms with van der Waals surface area (Å²) in [6.45, 7) is 4.43. The molecular formula is C24H25N3O4. The number of nitrogens with one attached hydrogen (secondary N) is 1. The lowest BCUT2D eigenvalue weighted by Crippen LogP contribution is -2.36. The number of hydrogen-bond donors (Lipinski definition) is 1. The number of esters is 1. The average molecular weight is 419 g/mol. The molecule has 7 heteroatoms. The van der Waals surface area contributed by atoms with Crippen LogP contribution in [0.25, 0.3) is 10.8 Å². The largest absolute Gasteiger partial charge is 0.452 e. The average Bonchev–Trinajstić information content (AvgIpc) is 2.83. The van der Waals surface area contributed by atoms with Crippen molar-refractivity contribution >= 4 is 28.5 Å². The van der Waals surface area contributed by atoms with Gasteiger partial charge in [0.2, 0.25) is 0 Å². The molecule has 1 N–H and O–H groups in total. The molecule has 0 bridgehead atoms. The topological polar surface area (TPSA) is 80.8 Å². The van der Waals surface area contributed by atoms with Crippen LogP contribution in [0, 0.1) is 0 Å². The first-order valence-corrected chi connectivity index (χ1v) is 10.3. The van der Waals surface area contributed by atoms with Gasteiger partial charge in [0.15, 0.2) is 6.61 Å². The first-order valence-electron chi connectivity index (χ1n) is 10.3. The fraction of sp³-hybridized carbons (Fsp3) is 0.292. The van der Waals surface area contributed by atoms with Gasteiger partial charge < -0.3 is 19.7 Å². The Hall–Kier alpha value is -3.45. The Labute approximate surface area is 181 Å². The molecule has 1 fully saturated rings. The monoisotopic (exact) mass is 419 g/mol. The fourth-order valence-electron chi connectivity index (χ4n) is 3.54. The number of morpholine rings is 1. The van der Waals surface area contributed by atoms with Crippen LogP contribution in [0.4, 0.5) is 5.82 Å². The Morgan fingerprint density at radius 3 is 2.61 bits per heavy atom. The lowest BCUT2D eigenvalue weighted by Gasteiger charge is -2.27. The molecule has 7 nitrogen and oxygen atoms in total. The van der Waals surface area contributed by atoms with Crippen molar-refractivity contribution in [1.82, 2.24) is 10.3 Å². The van der Waals surface area contributed by atoms with Gasteiger partial charge in [-0.15, -0.1) is 0 Å². The van der Waals surface area contributed by atoms with Crippen molar-refractivity contribution in [3.63, 3.8) is 0 Å². The third kappa shape index (κ3) is 5.19. The summed E-state index contributed by atoms with van der Waals surface area (Å²) in [4.78, 5) is 31.0. The van der Waals surface area contributed by atoms with Crippen molar-refractivity contribution in [1.29, 1.82) is 0 Å². The second-order valence-corrected chi connectivity index (χ2v) is 7.48. The molecule has 3 aromatic rings. The van der Waals surface area contributed by atoms with E-state index in [1.165, 1.54) is 6.20 Å². The van der Waals surface area contributed by atoms with E-state index in [9.17, 15) is 9.59 Å². The molecule has 1 aliphatic rings. The Bertz CT molecular complexity index is 1060. The van der Waals surface area contributed by atoms with Crippen molar-refractivity contribution in [2.45, 2.75) is 13.0 Å². The molecule has 2 aromatic carbocycles. The van der Waals surface area contributed by atoms with Gasteiger partial charge in [0.05, 0.1) is 24.8 Å². The van der Waals surface area contributed by atoms with Gasteiger partial charge in [-0.3, -0.25) is 4.79 Å². The Morgan fingerprint density at radius 1 is 1.10 bits per heavy atom. The second kappa shape index (κ2) is 9.57. The number of carbonyl (C=O) groups is 2. The third-order valence-corrected chi connectivity index (χ3v) is 5.30. The number of anilines is 1. The summed E-state index contributed by atoms with van der Waals surface area (Å²) >= 11 is 0. The molecule has 0 radical (unpaired) electrons. The zero-order valence-electron chi connectivity index (χ0n) is 17.4. The predicted octanol–water partition coefficient (Wildman–Crippen LogP) is 3.11. The number of fused-ring (bicyclic) bond motifs is 1. The number of benzene rings is 2.